The van der Waals surface area contributed by atoms with Crippen molar-refractivity contribution in [3.63, 3.8) is 0 Å². The molecule has 0 bridgehead atoms. The molecule has 0 aromatic carbocycles. The largest absolute Gasteiger partial charge is 0.339 e. The predicted octanol–water partition coefficient (Wildman–Crippen LogP) is 1.83. The number of rotatable bonds is 4. The lowest BCUT2D eigenvalue weighted by Gasteiger charge is -2.09. The molecule has 2 aromatic heterocycles. The van der Waals surface area contributed by atoms with Crippen LogP contribution in [-0.4, -0.2) is 36.3 Å². The summed E-state index contributed by atoms with van der Waals surface area (Å²) in [5.41, 5.74) is 0. The summed E-state index contributed by atoms with van der Waals surface area (Å²) in [5, 5.41) is 16.5. The zero-order chi connectivity index (χ0) is 13.1. The average molecular weight is 325 g/mol. The Kier molecular flexibility index (Phi) is 4.38. The minimum absolute atomic E-state index is 0.130. The molecule has 96 valence electrons. The van der Waals surface area contributed by atoms with Gasteiger partial charge in [-0.2, -0.15) is 9.59 Å². The van der Waals surface area contributed by atoms with E-state index < -0.39 is 0 Å². The molecule has 2 N–H and O–H groups in total. The molecule has 1 unspecified atom stereocenters. The van der Waals surface area contributed by atoms with Crippen LogP contribution in [0.3, 0.4) is 0 Å². The van der Waals surface area contributed by atoms with Crippen LogP contribution in [0.25, 0.3) is 0 Å². The van der Waals surface area contributed by atoms with Crippen LogP contribution in [-0.2, 0) is 0 Å². The van der Waals surface area contributed by atoms with E-state index in [-0.39, 0.29) is 26.3 Å². The summed E-state index contributed by atoms with van der Waals surface area (Å²) in [7, 11) is 0. The van der Waals surface area contributed by atoms with Crippen molar-refractivity contribution in [1.82, 2.24) is 30.3 Å². The summed E-state index contributed by atoms with van der Waals surface area (Å²) in [6, 6.07) is 0. The molecule has 0 saturated carbocycles. The quantitative estimate of drug-likeness (QED) is 0.658. The Bertz CT molecular complexity index is 544. The van der Waals surface area contributed by atoms with Gasteiger partial charge in [0.15, 0.2) is 5.15 Å². The Balaban J connectivity index is 1.97. The highest BCUT2D eigenvalue weighted by atomic mass is 35.5. The molecule has 0 saturated heterocycles. The van der Waals surface area contributed by atoms with Gasteiger partial charge in [-0.1, -0.05) is 35.0 Å². The van der Waals surface area contributed by atoms with Crippen molar-refractivity contribution in [2.75, 3.05) is 0 Å². The number of H-pyrrole nitrogens is 1. The number of nitrogens with one attached hydrogen (secondary N) is 2. The third-order valence-corrected chi connectivity index (χ3v) is 4.40. The molecule has 2 aromatic rings. The van der Waals surface area contributed by atoms with Crippen LogP contribution >= 0.6 is 46.5 Å². The van der Waals surface area contributed by atoms with Crippen LogP contribution in [0.4, 0.5) is 0 Å². The first-order chi connectivity index (χ1) is 8.58. The van der Waals surface area contributed by atoms with E-state index in [9.17, 15) is 4.79 Å². The van der Waals surface area contributed by atoms with Gasteiger partial charge in [-0.3, -0.25) is 4.79 Å². The Hall–Kier alpha value is -0.900. The minimum atomic E-state index is -0.340. The lowest BCUT2D eigenvalue weighted by molar-refractivity contribution is 0.0956. The number of nitrogens with zero attached hydrogens (tertiary/aromatic N) is 4. The highest BCUT2D eigenvalue weighted by Crippen LogP contribution is 2.28. The van der Waals surface area contributed by atoms with E-state index in [1.54, 1.807) is 6.92 Å². The maximum absolute atomic E-state index is 11.9. The maximum Gasteiger partial charge on any atom is 0.265 e. The van der Waals surface area contributed by atoms with Crippen LogP contribution < -0.4 is 5.32 Å². The molecule has 0 aliphatic carbocycles. The van der Waals surface area contributed by atoms with Crippen molar-refractivity contribution in [2.24, 2.45) is 0 Å². The Morgan fingerprint density at radius 1 is 1.56 bits per heavy atom. The fourth-order valence-corrected chi connectivity index (χ4v) is 2.82. The topological polar surface area (TPSA) is 96.5 Å². The first-order valence-electron chi connectivity index (χ1n) is 4.59. The number of tetrazole rings is 1. The van der Waals surface area contributed by atoms with E-state index >= 15 is 0 Å². The fourth-order valence-electron chi connectivity index (χ4n) is 1.04. The van der Waals surface area contributed by atoms with Crippen LogP contribution in [0, 0.1) is 0 Å². The minimum Gasteiger partial charge on any atom is -0.339 e. The lowest BCUT2D eigenvalue weighted by Crippen LogP contribution is -2.29. The highest BCUT2D eigenvalue weighted by Gasteiger charge is 2.19. The number of aromatic amines is 1. The molecule has 0 aliphatic heterocycles. The van der Waals surface area contributed by atoms with Crippen molar-refractivity contribution in [2.45, 2.75) is 17.5 Å². The summed E-state index contributed by atoms with van der Waals surface area (Å²) in [4.78, 5) is 12.1. The van der Waals surface area contributed by atoms with Gasteiger partial charge in [-0.05, 0) is 23.7 Å². The summed E-state index contributed by atoms with van der Waals surface area (Å²) < 4.78 is 3.79. The molecule has 2 rings (SSSR count). The fraction of sp³-hybridized carbons (Fsp3) is 0.286. The first kappa shape index (κ1) is 13.5. The van der Waals surface area contributed by atoms with Crippen LogP contribution in [0.15, 0.2) is 5.16 Å². The van der Waals surface area contributed by atoms with Gasteiger partial charge in [0.1, 0.15) is 9.90 Å². The third-order valence-electron chi connectivity index (χ3n) is 1.75. The van der Waals surface area contributed by atoms with Gasteiger partial charge >= 0.3 is 0 Å². The predicted molar refractivity (Wildman–Crippen MR) is 69.1 cm³/mol. The molecule has 0 radical (unpaired) electrons. The zero-order valence-corrected chi connectivity index (χ0v) is 12.0. The molecule has 1 amide bonds. The summed E-state index contributed by atoms with van der Waals surface area (Å²) in [5.74, 6) is -0.340. The van der Waals surface area contributed by atoms with Gasteiger partial charge in [0.25, 0.3) is 5.91 Å². The molecular formula is C7H6Cl2N6OS2. The van der Waals surface area contributed by atoms with Gasteiger partial charge in [0.05, 0.1) is 5.37 Å². The average Bonchev–Trinajstić information content (AvgIpc) is 2.91. The van der Waals surface area contributed by atoms with Crippen molar-refractivity contribution >= 4 is 52.4 Å². The molecule has 2 heterocycles. The molecule has 7 nitrogen and oxygen atoms in total. The van der Waals surface area contributed by atoms with Gasteiger partial charge in [0.2, 0.25) is 5.16 Å². The highest BCUT2D eigenvalue weighted by molar-refractivity contribution is 7.99. The number of halogens is 2. The van der Waals surface area contributed by atoms with Crippen LogP contribution in [0.5, 0.6) is 0 Å². The smallest absolute Gasteiger partial charge is 0.265 e. The standard InChI is InChI=1S/C7H6Cl2N6OS2/c1-2(17-7-11-14-15-12-7)10-6(16)4-3(8)5(9)13-18-4/h2H,1H3,(H,10,16)(H,11,12,14,15). The van der Waals surface area contributed by atoms with E-state index in [1.165, 1.54) is 11.8 Å². The summed E-state index contributed by atoms with van der Waals surface area (Å²) >= 11 is 13.7. The van der Waals surface area contributed by atoms with E-state index in [4.69, 9.17) is 23.2 Å². The monoisotopic (exact) mass is 324 g/mol. The molecule has 1 atom stereocenters. The first-order valence-corrected chi connectivity index (χ1v) is 7.00. The Labute approximate surface area is 120 Å². The molecule has 11 heteroatoms. The van der Waals surface area contributed by atoms with E-state index in [0.717, 1.165) is 11.5 Å². The number of aromatic nitrogens is 5. The lowest BCUT2D eigenvalue weighted by atomic mass is 10.4. The van der Waals surface area contributed by atoms with Crippen molar-refractivity contribution in [1.29, 1.82) is 0 Å². The Morgan fingerprint density at radius 3 is 2.89 bits per heavy atom. The van der Waals surface area contributed by atoms with Crippen LogP contribution in [0.1, 0.15) is 16.6 Å². The van der Waals surface area contributed by atoms with Gasteiger partial charge in [0, 0.05) is 0 Å². The number of carbonyl (C=O) groups excluding carboxylic acids is 1. The number of carbonyl (C=O) groups is 1. The maximum atomic E-state index is 11.9. The second-order valence-electron chi connectivity index (χ2n) is 3.04. The number of thioether (sulfide) groups is 1. The Morgan fingerprint density at radius 2 is 2.33 bits per heavy atom. The van der Waals surface area contributed by atoms with E-state index in [2.05, 4.69) is 30.3 Å². The summed E-state index contributed by atoms with van der Waals surface area (Å²) in [6.45, 7) is 1.79. The molecule has 0 fully saturated rings. The third kappa shape index (κ3) is 3.10. The molecule has 0 aliphatic rings. The summed E-state index contributed by atoms with van der Waals surface area (Å²) in [6.07, 6.45) is 0. The number of amides is 1. The second kappa shape index (κ2) is 5.83. The second-order valence-corrected chi connectivity index (χ2v) is 5.86. The molecule has 18 heavy (non-hydrogen) atoms. The van der Waals surface area contributed by atoms with Crippen molar-refractivity contribution in [3.8, 4) is 0 Å². The zero-order valence-electron chi connectivity index (χ0n) is 8.85. The van der Waals surface area contributed by atoms with Gasteiger partial charge in [-0.25, -0.2) is 0 Å². The molecule has 0 spiro atoms. The molecular weight excluding hydrogens is 319 g/mol. The van der Waals surface area contributed by atoms with E-state index in [0.29, 0.717) is 5.16 Å². The SMILES string of the molecule is CC(NC(=O)c1snc(Cl)c1Cl)Sc1nn[nH]n1. The van der Waals surface area contributed by atoms with Crippen LogP contribution in [0.2, 0.25) is 10.2 Å². The van der Waals surface area contributed by atoms with E-state index in [1.807, 2.05) is 0 Å². The number of hydrogen-bond acceptors (Lipinski definition) is 7. The normalized spacial score (nSPS) is 12.4. The van der Waals surface area contributed by atoms with Crippen molar-refractivity contribution < 1.29 is 4.79 Å². The van der Waals surface area contributed by atoms with Crippen molar-refractivity contribution in [3.05, 3.63) is 15.1 Å². The number of hydrogen-bond donors (Lipinski definition) is 2. The van der Waals surface area contributed by atoms with Gasteiger partial charge < -0.3 is 5.32 Å². The van der Waals surface area contributed by atoms with Gasteiger partial charge in [-0.15, -0.1) is 10.2 Å².